The van der Waals surface area contributed by atoms with Crippen LogP contribution in [0.2, 0.25) is 0 Å². The van der Waals surface area contributed by atoms with Crippen molar-refractivity contribution in [2.45, 2.75) is 6.10 Å². The molecule has 25 heavy (non-hydrogen) atoms. The van der Waals surface area contributed by atoms with E-state index in [9.17, 15) is 0 Å². The smallest absolute Gasteiger partial charge is 0.163 e. The number of nitrogens with zero attached hydrogens (tertiary/aromatic N) is 3. The van der Waals surface area contributed by atoms with Crippen LogP contribution in [-0.2, 0) is 0 Å². The van der Waals surface area contributed by atoms with Crippen LogP contribution in [0.3, 0.4) is 0 Å². The third kappa shape index (κ3) is 3.71. The molecule has 0 bridgehead atoms. The molecule has 3 aromatic rings. The minimum absolute atomic E-state index is 0.0825. The number of ether oxygens (including phenoxy) is 2. The first-order chi connectivity index (χ1) is 12.3. The summed E-state index contributed by atoms with van der Waals surface area (Å²) >= 11 is 3.41. The lowest BCUT2D eigenvalue weighted by Gasteiger charge is -2.26. The Morgan fingerprint density at radius 3 is 2.92 bits per heavy atom. The van der Waals surface area contributed by atoms with Crippen molar-refractivity contribution in [3.8, 4) is 22.9 Å². The molecule has 6 nitrogen and oxygen atoms in total. The van der Waals surface area contributed by atoms with E-state index in [4.69, 9.17) is 9.47 Å². The van der Waals surface area contributed by atoms with E-state index in [0.717, 1.165) is 27.4 Å². The fourth-order valence-electron chi connectivity index (χ4n) is 2.51. The van der Waals surface area contributed by atoms with Gasteiger partial charge < -0.3 is 14.8 Å². The van der Waals surface area contributed by atoms with Crippen LogP contribution in [0.1, 0.15) is 0 Å². The summed E-state index contributed by atoms with van der Waals surface area (Å²) in [6, 6.07) is 11.4. The summed E-state index contributed by atoms with van der Waals surface area (Å²) in [5.41, 5.74) is 0.851. The minimum atomic E-state index is -0.0825. The van der Waals surface area contributed by atoms with Gasteiger partial charge in [-0.15, -0.1) is 0 Å². The molecule has 0 radical (unpaired) electrons. The van der Waals surface area contributed by atoms with Crippen molar-refractivity contribution in [1.82, 2.24) is 15.0 Å². The van der Waals surface area contributed by atoms with Crippen LogP contribution in [-0.4, -0.2) is 34.2 Å². The number of hydrogen-bond donors (Lipinski definition) is 1. The number of pyridine rings is 1. The standard InChI is InChI=1S/C18H15BrN4O2/c19-13-7-12(8-20-9-13)18-21-6-5-17(23-18)22-10-14-11-24-15-3-1-2-4-16(15)25-14/h1-9,14H,10-11H2,(H,21,22,23). The van der Waals surface area contributed by atoms with Crippen LogP contribution in [0, 0.1) is 0 Å². The van der Waals surface area contributed by atoms with E-state index in [1.807, 2.05) is 36.4 Å². The Morgan fingerprint density at radius 2 is 2.04 bits per heavy atom. The molecule has 1 atom stereocenters. The lowest BCUT2D eigenvalue weighted by molar-refractivity contribution is 0.0997. The van der Waals surface area contributed by atoms with E-state index in [1.54, 1.807) is 18.6 Å². The highest BCUT2D eigenvalue weighted by Crippen LogP contribution is 2.30. The van der Waals surface area contributed by atoms with Gasteiger partial charge in [0.2, 0.25) is 0 Å². The molecule has 0 aliphatic carbocycles. The normalized spacial score (nSPS) is 15.6. The molecule has 0 saturated heterocycles. The van der Waals surface area contributed by atoms with Gasteiger partial charge >= 0.3 is 0 Å². The summed E-state index contributed by atoms with van der Waals surface area (Å²) in [5.74, 6) is 2.90. The maximum atomic E-state index is 5.94. The molecular weight excluding hydrogens is 384 g/mol. The average Bonchev–Trinajstić information content (AvgIpc) is 2.66. The third-order valence-electron chi connectivity index (χ3n) is 3.70. The molecule has 1 aliphatic heterocycles. The molecule has 0 saturated carbocycles. The number of hydrogen-bond acceptors (Lipinski definition) is 6. The van der Waals surface area contributed by atoms with Crippen LogP contribution < -0.4 is 14.8 Å². The largest absolute Gasteiger partial charge is 0.486 e. The van der Waals surface area contributed by atoms with Gasteiger partial charge in [0.1, 0.15) is 18.5 Å². The number of nitrogens with one attached hydrogen (secondary N) is 1. The number of aromatic nitrogens is 3. The van der Waals surface area contributed by atoms with Gasteiger partial charge in [-0.25, -0.2) is 9.97 Å². The lowest BCUT2D eigenvalue weighted by Crippen LogP contribution is -2.35. The lowest BCUT2D eigenvalue weighted by atomic mass is 10.2. The van der Waals surface area contributed by atoms with Gasteiger partial charge in [-0.2, -0.15) is 0 Å². The van der Waals surface area contributed by atoms with Crippen LogP contribution >= 0.6 is 15.9 Å². The van der Waals surface area contributed by atoms with Crippen molar-refractivity contribution in [2.75, 3.05) is 18.5 Å². The molecule has 126 valence electrons. The van der Waals surface area contributed by atoms with Gasteiger partial charge in [-0.1, -0.05) is 12.1 Å². The van der Waals surface area contributed by atoms with Crippen molar-refractivity contribution < 1.29 is 9.47 Å². The summed E-state index contributed by atoms with van der Waals surface area (Å²) in [6.45, 7) is 1.08. The molecule has 7 heteroatoms. The fraction of sp³-hybridized carbons (Fsp3) is 0.167. The number of fused-ring (bicyclic) bond motifs is 1. The van der Waals surface area contributed by atoms with Gasteiger partial charge in [0.25, 0.3) is 0 Å². The minimum Gasteiger partial charge on any atom is -0.486 e. The third-order valence-corrected chi connectivity index (χ3v) is 4.13. The number of anilines is 1. The Bertz CT molecular complexity index is 890. The zero-order valence-electron chi connectivity index (χ0n) is 13.2. The maximum absolute atomic E-state index is 5.94. The second-order valence-electron chi connectivity index (χ2n) is 5.54. The molecule has 1 aromatic carbocycles. The number of benzene rings is 1. The van der Waals surface area contributed by atoms with Gasteiger partial charge in [0.15, 0.2) is 17.3 Å². The van der Waals surface area contributed by atoms with E-state index in [1.165, 1.54) is 0 Å². The van der Waals surface area contributed by atoms with Gasteiger partial charge in [0.05, 0.1) is 6.54 Å². The first-order valence-corrected chi connectivity index (χ1v) is 8.63. The van der Waals surface area contributed by atoms with Crippen LogP contribution in [0.15, 0.2) is 59.5 Å². The summed E-state index contributed by atoms with van der Waals surface area (Å²) in [7, 11) is 0. The second-order valence-corrected chi connectivity index (χ2v) is 6.45. The highest BCUT2D eigenvalue weighted by molar-refractivity contribution is 9.10. The SMILES string of the molecule is Brc1cncc(-c2nccc(NCC3COc4ccccc4O3)n2)c1. The van der Waals surface area contributed by atoms with Crippen molar-refractivity contribution in [1.29, 1.82) is 0 Å². The summed E-state index contributed by atoms with van der Waals surface area (Å²) < 4.78 is 12.5. The molecule has 2 aromatic heterocycles. The number of halogens is 1. The van der Waals surface area contributed by atoms with Gasteiger partial charge in [0, 0.05) is 28.6 Å². The van der Waals surface area contributed by atoms with E-state index in [-0.39, 0.29) is 6.10 Å². The Morgan fingerprint density at radius 1 is 1.16 bits per heavy atom. The average molecular weight is 399 g/mol. The van der Waals surface area contributed by atoms with Crippen LogP contribution in [0.25, 0.3) is 11.4 Å². The molecule has 1 aliphatic rings. The monoisotopic (exact) mass is 398 g/mol. The fourth-order valence-corrected chi connectivity index (χ4v) is 2.88. The second kappa shape index (κ2) is 7.06. The Balaban J connectivity index is 1.43. The van der Waals surface area contributed by atoms with Crippen molar-refractivity contribution in [3.63, 3.8) is 0 Å². The van der Waals surface area contributed by atoms with E-state index in [0.29, 0.717) is 19.0 Å². The van der Waals surface area contributed by atoms with Crippen LogP contribution in [0.4, 0.5) is 5.82 Å². The molecule has 0 spiro atoms. The molecular formula is C18H15BrN4O2. The number of para-hydroxylation sites is 2. The topological polar surface area (TPSA) is 69.2 Å². The highest BCUT2D eigenvalue weighted by atomic mass is 79.9. The molecule has 3 heterocycles. The summed E-state index contributed by atoms with van der Waals surface area (Å²) in [6.07, 6.45) is 5.10. The quantitative estimate of drug-likeness (QED) is 0.724. The van der Waals surface area contributed by atoms with E-state index < -0.39 is 0 Å². The van der Waals surface area contributed by atoms with Crippen molar-refractivity contribution in [3.05, 3.63) is 59.5 Å². The summed E-state index contributed by atoms with van der Waals surface area (Å²) in [4.78, 5) is 13.0. The van der Waals surface area contributed by atoms with Gasteiger partial charge in [-0.05, 0) is 40.2 Å². The first kappa shape index (κ1) is 15.8. The zero-order valence-corrected chi connectivity index (χ0v) is 14.8. The molecule has 0 amide bonds. The maximum Gasteiger partial charge on any atom is 0.163 e. The predicted octanol–water partition coefficient (Wildman–Crippen LogP) is 3.55. The summed E-state index contributed by atoms with van der Waals surface area (Å²) in [5, 5.41) is 3.28. The Labute approximate surface area is 153 Å². The zero-order chi connectivity index (χ0) is 17.1. The van der Waals surface area contributed by atoms with Crippen LogP contribution in [0.5, 0.6) is 11.5 Å². The van der Waals surface area contributed by atoms with Crippen molar-refractivity contribution in [2.24, 2.45) is 0 Å². The first-order valence-electron chi connectivity index (χ1n) is 7.84. The van der Waals surface area contributed by atoms with Crippen molar-refractivity contribution >= 4 is 21.7 Å². The predicted molar refractivity (Wildman–Crippen MR) is 97.8 cm³/mol. The molecule has 1 N–H and O–H groups in total. The molecule has 1 unspecified atom stereocenters. The van der Waals surface area contributed by atoms with Gasteiger partial charge in [-0.3, -0.25) is 4.98 Å². The molecule has 4 rings (SSSR count). The van der Waals surface area contributed by atoms with E-state index in [2.05, 4.69) is 36.2 Å². The van der Waals surface area contributed by atoms with E-state index >= 15 is 0 Å². The highest BCUT2D eigenvalue weighted by Gasteiger charge is 2.20. The molecule has 0 fully saturated rings. The number of rotatable bonds is 4. The Hall–Kier alpha value is -2.67. The Kier molecular flexibility index (Phi) is 4.47.